The van der Waals surface area contributed by atoms with Crippen molar-refractivity contribution in [3.8, 4) is 0 Å². The summed E-state index contributed by atoms with van der Waals surface area (Å²) in [7, 11) is 1.93. The number of rotatable bonds is 6. The van der Waals surface area contributed by atoms with Crippen molar-refractivity contribution >= 4 is 0 Å². The Morgan fingerprint density at radius 1 is 1.42 bits per heavy atom. The van der Waals surface area contributed by atoms with Gasteiger partial charge in [-0.3, -0.25) is 9.67 Å². The van der Waals surface area contributed by atoms with Crippen molar-refractivity contribution in [1.82, 2.24) is 25.1 Å². The summed E-state index contributed by atoms with van der Waals surface area (Å²) in [6, 6.07) is 2.28. The minimum Gasteiger partial charge on any atom is -0.309 e. The van der Waals surface area contributed by atoms with Crippen LogP contribution in [0, 0.1) is 6.92 Å². The SMILES string of the molecule is CCCNC(Cc1ncnn1C)c1cnccc1C. The molecule has 0 fully saturated rings. The maximum Gasteiger partial charge on any atom is 0.138 e. The molecule has 0 amide bonds. The minimum atomic E-state index is 0.233. The van der Waals surface area contributed by atoms with Crippen molar-refractivity contribution in [1.29, 1.82) is 0 Å². The molecule has 2 aromatic rings. The molecule has 2 heterocycles. The van der Waals surface area contributed by atoms with Crippen molar-refractivity contribution in [2.45, 2.75) is 32.7 Å². The fourth-order valence-corrected chi connectivity index (χ4v) is 2.14. The molecule has 2 rings (SSSR count). The second kappa shape index (κ2) is 6.43. The van der Waals surface area contributed by atoms with Gasteiger partial charge in [0.15, 0.2) is 0 Å². The third kappa shape index (κ3) is 3.38. The first kappa shape index (κ1) is 13.7. The maximum absolute atomic E-state index is 4.31. The molecule has 0 radical (unpaired) electrons. The predicted molar refractivity (Wildman–Crippen MR) is 74.7 cm³/mol. The van der Waals surface area contributed by atoms with Crippen LogP contribution >= 0.6 is 0 Å². The zero-order valence-corrected chi connectivity index (χ0v) is 11.8. The minimum absolute atomic E-state index is 0.233. The van der Waals surface area contributed by atoms with Crippen molar-refractivity contribution in [3.63, 3.8) is 0 Å². The Hall–Kier alpha value is -1.75. The normalized spacial score (nSPS) is 12.6. The van der Waals surface area contributed by atoms with E-state index in [9.17, 15) is 0 Å². The number of hydrogen-bond acceptors (Lipinski definition) is 4. The van der Waals surface area contributed by atoms with Gasteiger partial charge in [-0.05, 0) is 37.1 Å². The van der Waals surface area contributed by atoms with Gasteiger partial charge in [0.25, 0.3) is 0 Å². The lowest BCUT2D eigenvalue weighted by atomic mass is 10.0. The van der Waals surface area contributed by atoms with E-state index in [1.165, 1.54) is 11.1 Å². The van der Waals surface area contributed by atoms with Gasteiger partial charge in [-0.15, -0.1) is 0 Å². The molecule has 1 atom stereocenters. The summed E-state index contributed by atoms with van der Waals surface area (Å²) in [5, 5.41) is 7.70. The van der Waals surface area contributed by atoms with Gasteiger partial charge < -0.3 is 5.32 Å². The van der Waals surface area contributed by atoms with Gasteiger partial charge in [-0.2, -0.15) is 5.10 Å². The smallest absolute Gasteiger partial charge is 0.138 e. The molecule has 0 aliphatic rings. The standard InChI is InChI=1S/C14H21N5/c1-4-6-16-13(8-14-17-10-18-19(14)3)12-9-15-7-5-11(12)2/h5,7,9-10,13,16H,4,6,8H2,1-3H3. The lowest BCUT2D eigenvalue weighted by molar-refractivity contribution is 0.503. The summed E-state index contributed by atoms with van der Waals surface area (Å²) >= 11 is 0. The zero-order valence-electron chi connectivity index (χ0n) is 11.8. The molecular weight excluding hydrogens is 238 g/mol. The van der Waals surface area contributed by atoms with Crippen molar-refractivity contribution < 1.29 is 0 Å². The van der Waals surface area contributed by atoms with Crippen LogP contribution in [-0.2, 0) is 13.5 Å². The molecular formula is C14H21N5. The molecule has 0 aliphatic heterocycles. The highest BCUT2D eigenvalue weighted by Gasteiger charge is 2.16. The summed E-state index contributed by atoms with van der Waals surface area (Å²) in [6.45, 7) is 5.27. The molecule has 0 aromatic carbocycles. The van der Waals surface area contributed by atoms with Gasteiger partial charge in [0.1, 0.15) is 12.2 Å². The zero-order chi connectivity index (χ0) is 13.7. The van der Waals surface area contributed by atoms with Crippen LogP contribution in [0.3, 0.4) is 0 Å². The van der Waals surface area contributed by atoms with E-state index in [2.05, 4.69) is 34.2 Å². The lowest BCUT2D eigenvalue weighted by Crippen LogP contribution is -2.26. The van der Waals surface area contributed by atoms with E-state index in [0.29, 0.717) is 0 Å². The number of pyridine rings is 1. The average molecular weight is 259 g/mol. The number of hydrogen-bond donors (Lipinski definition) is 1. The molecule has 0 spiro atoms. The highest BCUT2D eigenvalue weighted by molar-refractivity contribution is 5.25. The third-order valence-corrected chi connectivity index (χ3v) is 3.29. The van der Waals surface area contributed by atoms with Crippen LogP contribution in [0.4, 0.5) is 0 Å². The summed E-state index contributed by atoms with van der Waals surface area (Å²) < 4.78 is 1.83. The van der Waals surface area contributed by atoms with Gasteiger partial charge >= 0.3 is 0 Å². The lowest BCUT2D eigenvalue weighted by Gasteiger charge is -2.20. The Kier molecular flexibility index (Phi) is 4.63. The van der Waals surface area contributed by atoms with Crippen LogP contribution in [0.1, 0.15) is 36.3 Å². The fraction of sp³-hybridized carbons (Fsp3) is 0.500. The molecule has 0 aliphatic carbocycles. The quantitative estimate of drug-likeness (QED) is 0.859. The second-order valence-corrected chi connectivity index (χ2v) is 4.74. The summed E-state index contributed by atoms with van der Waals surface area (Å²) in [6.07, 6.45) is 7.30. The molecule has 5 heteroatoms. The van der Waals surface area contributed by atoms with E-state index in [-0.39, 0.29) is 6.04 Å². The van der Waals surface area contributed by atoms with E-state index >= 15 is 0 Å². The Bertz CT molecular complexity index is 520. The highest BCUT2D eigenvalue weighted by Crippen LogP contribution is 2.19. The molecule has 0 saturated heterocycles. The monoisotopic (exact) mass is 259 g/mol. The largest absolute Gasteiger partial charge is 0.309 e. The van der Waals surface area contributed by atoms with Crippen LogP contribution in [0.25, 0.3) is 0 Å². The van der Waals surface area contributed by atoms with E-state index in [4.69, 9.17) is 0 Å². The Labute approximate surface area is 114 Å². The maximum atomic E-state index is 4.31. The predicted octanol–water partition coefficient (Wildman–Crippen LogP) is 1.80. The Balaban J connectivity index is 2.21. The van der Waals surface area contributed by atoms with Crippen LogP contribution in [-0.4, -0.2) is 26.3 Å². The molecule has 5 nitrogen and oxygen atoms in total. The molecule has 0 bridgehead atoms. The number of nitrogens with zero attached hydrogens (tertiary/aromatic N) is 4. The van der Waals surface area contributed by atoms with Crippen molar-refractivity contribution in [2.75, 3.05) is 6.54 Å². The number of aromatic nitrogens is 4. The van der Waals surface area contributed by atoms with E-state index in [0.717, 1.165) is 25.2 Å². The van der Waals surface area contributed by atoms with Crippen LogP contribution in [0.2, 0.25) is 0 Å². The van der Waals surface area contributed by atoms with Gasteiger partial charge in [-0.25, -0.2) is 4.98 Å². The van der Waals surface area contributed by atoms with Crippen LogP contribution in [0.15, 0.2) is 24.8 Å². The van der Waals surface area contributed by atoms with E-state index in [1.807, 2.05) is 30.2 Å². The van der Waals surface area contributed by atoms with E-state index < -0.39 is 0 Å². The first-order chi connectivity index (χ1) is 9.22. The average Bonchev–Trinajstić information content (AvgIpc) is 2.81. The van der Waals surface area contributed by atoms with Gasteiger partial charge in [0.05, 0.1) is 0 Å². The summed E-state index contributed by atoms with van der Waals surface area (Å²) in [5.41, 5.74) is 2.49. The highest BCUT2D eigenvalue weighted by atomic mass is 15.3. The molecule has 1 unspecified atom stereocenters. The van der Waals surface area contributed by atoms with Gasteiger partial charge in [-0.1, -0.05) is 6.92 Å². The van der Waals surface area contributed by atoms with E-state index in [1.54, 1.807) is 6.33 Å². The van der Waals surface area contributed by atoms with Crippen LogP contribution < -0.4 is 5.32 Å². The molecule has 1 N–H and O–H groups in total. The Morgan fingerprint density at radius 3 is 2.89 bits per heavy atom. The first-order valence-electron chi connectivity index (χ1n) is 6.69. The molecule has 2 aromatic heterocycles. The summed E-state index contributed by atoms with van der Waals surface area (Å²) in [5.74, 6) is 0.983. The molecule has 102 valence electrons. The number of nitrogens with one attached hydrogen (secondary N) is 1. The van der Waals surface area contributed by atoms with Crippen molar-refractivity contribution in [3.05, 3.63) is 41.7 Å². The van der Waals surface area contributed by atoms with Crippen molar-refractivity contribution in [2.24, 2.45) is 7.05 Å². The topological polar surface area (TPSA) is 55.6 Å². The second-order valence-electron chi connectivity index (χ2n) is 4.74. The molecule has 0 saturated carbocycles. The van der Waals surface area contributed by atoms with Gasteiger partial charge in [0, 0.05) is 31.9 Å². The molecule has 19 heavy (non-hydrogen) atoms. The third-order valence-electron chi connectivity index (χ3n) is 3.29. The fourth-order valence-electron chi connectivity index (χ4n) is 2.14. The Morgan fingerprint density at radius 2 is 2.26 bits per heavy atom. The van der Waals surface area contributed by atoms with Gasteiger partial charge in [0.2, 0.25) is 0 Å². The number of aryl methyl sites for hydroxylation is 2. The first-order valence-corrected chi connectivity index (χ1v) is 6.69. The summed E-state index contributed by atoms with van der Waals surface area (Å²) in [4.78, 5) is 8.55. The van der Waals surface area contributed by atoms with Crippen LogP contribution in [0.5, 0.6) is 0 Å².